The molecule has 0 aromatic heterocycles. The Kier molecular flexibility index (Phi) is 4.20. The molecule has 0 radical (unpaired) electrons. The summed E-state index contributed by atoms with van der Waals surface area (Å²) in [7, 11) is 0. The van der Waals surface area contributed by atoms with Gasteiger partial charge in [-0.25, -0.2) is 0 Å². The summed E-state index contributed by atoms with van der Waals surface area (Å²) in [6.07, 6.45) is 1.62. The second-order valence-electron chi connectivity index (χ2n) is 4.22. The molecule has 0 fully saturated rings. The topological polar surface area (TPSA) is 41.5 Å². The van der Waals surface area contributed by atoms with Crippen molar-refractivity contribution in [2.45, 2.75) is 13.8 Å². The molecule has 2 rings (SSSR count). The lowest BCUT2D eigenvalue weighted by atomic mass is 10.1. The first-order valence-corrected chi connectivity index (χ1v) is 6.87. The van der Waals surface area contributed by atoms with Gasteiger partial charge in [0.15, 0.2) is 5.17 Å². The lowest BCUT2D eigenvalue weighted by molar-refractivity contribution is -0.115. The van der Waals surface area contributed by atoms with E-state index < -0.39 is 0 Å². The van der Waals surface area contributed by atoms with Crippen molar-refractivity contribution in [2.75, 3.05) is 12.3 Å². The molecule has 18 heavy (non-hydrogen) atoms. The molecule has 4 heteroatoms. The number of rotatable bonds is 2. The molecule has 0 saturated carbocycles. The summed E-state index contributed by atoms with van der Waals surface area (Å²) >= 11 is 1.58. The average Bonchev–Trinajstić information content (AvgIpc) is 2.82. The lowest BCUT2D eigenvalue weighted by Crippen LogP contribution is -2.25. The third-order valence-corrected chi connectivity index (χ3v) is 3.56. The van der Waals surface area contributed by atoms with E-state index in [-0.39, 0.29) is 5.91 Å². The molecule has 0 saturated heterocycles. The van der Waals surface area contributed by atoms with Gasteiger partial charge in [0, 0.05) is 11.8 Å². The number of amidine groups is 1. The number of benzene rings is 1. The van der Waals surface area contributed by atoms with E-state index in [1.54, 1.807) is 17.8 Å². The van der Waals surface area contributed by atoms with Crippen LogP contribution in [0.5, 0.6) is 0 Å². The lowest BCUT2D eigenvalue weighted by Gasteiger charge is -2.03. The minimum atomic E-state index is -0.110. The van der Waals surface area contributed by atoms with E-state index >= 15 is 0 Å². The van der Waals surface area contributed by atoms with Crippen molar-refractivity contribution in [3.05, 3.63) is 41.5 Å². The summed E-state index contributed by atoms with van der Waals surface area (Å²) in [5, 5.41) is 3.52. The van der Waals surface area contributed by atoms with Gasteiger partial charge in [-0.15, -0.1) is 0 Å². The van der Waals surface area contributed by atoms with Crippen LogP contribution < -0.4 is 5.32 Å². The third kappa shape index (κ3) is 3.47. The highest BCUT2D eigenvalue weighted by molar-refractivity contribution is 8.14. The Balaban J connectivity index is 2.03. The van der Waals surface area contributed by atoms with Crippen molar-refractivity contribution in [3.8, 4) is 0 Å². The van der Waals surface area contributed by atoms with Gasteiger partial charge < -0.3 is 5.32 Å². The first-order chi connectivity index (χ1) is 8.65. The molecular formula is C14H16N2OS. The molecule has 0 bridgehead atoms. The summed E-state index contributed by atoms with van der Waals surface area (Å²) < 4.78 is 0. The predicted molar refractivity (Wildman–Crippen MR) is 77.7 cm³/mol. The normalized spacial score (nSPS) is 15.4. The van der Waals surface area contributed by atoms with E-state index in [1.165, 1.54) is 5.56 Å². The minimum Gasteiger partial charge on any atom is -0.302 e. The van der Waals surface area contributed by atoms with Gasteiger partial charge >= 0.3 is 0 Å². The number of hydrogen-bond acceptors (Lipinski definition) is 3. The Morgan fingerprint density at radius 3 is 2.72 bits per heavy atom. The summed E-state index contributed by atoms with van der Waals surface area (Å²) in [5.41, 5.74) is 3.24. The summed E-state index contributed by atoms with van der Waals surface area (Å²) in [4.78, 5) is 16.0. The van der Waals surface area contributed by atoms with Crippen LogP contribution in [0, 0.1) is 6.92 Å². The van der Waals surface area contributed by atoms with Crippen LogP contribution in [0.3, 0.4) is 0 Å². The van der Waals surface area contributed by atoms with E-state index in [2.05, 4.69) is 10.3 Å². The SMILES string of the molecule is CC(=CC(=O)NC1=NCCS1)c1ccc(C)cc1. The van der Waals surface area contributed by atoms with Crippen LogP contribution >= 0.6 is 11.8 Å². The van der Waals surface area contributed by atoms with Gasteiger partial charge in [-0.3, -0.25) is 9.79 Å². The first-order valence-electron chi connectivity index (χ1n) is 5.89. The maximum atomic E-state index is 11.8. The zero-order valence-electron chi connectivity index (χ0n) is 10.6. The molecule has 0 aliphatic carbocycles. The Morgan fingerprint density at radius 1 is 1.39 bits per heavy atom. The largest absolute Gasteiger partial charge is 0.302 e. The molecule has 1 amide bonds. The number of carbonyl (C=O) groups excluding carboxylic acids is 1. The smallest absolute Gasteiger partial charge is 0.250 e. The van der Waals surface area contributed by atoms with Gasteiger partial charge in [0.25, 0.3) is 0 Å². The van der Waals surface area contributed by atoms with Crippen LogP contribution in [-0.4, -0.2) is 23.4 Å². The van der Waals surface area contributed by atoms with Crippen molar-refractivity contribution >= 4 is 28.4 Å². The molecule has 0 atom stereocenters. The number of amides is 1. The van der Waals surface area contributed by atoms with E-state index in [1.807, 2.05) is 38.1 Å². The zero-order chi connectivity index (χ0) is 13.0. The second-order valence-corrected chi connectivity index (χ2v) is 5.30. The minimum absolute atomic E-state index is 0.110. The molecule has 1 aromatic rings. The van der Waals surface area contributed by atoms with Crippen molar-refractivity contribution in [1.82, 2.24) is 5.32 Å². The Morgan fingerprint density at radius 2 is 2.11 bits per heavy atom. The highest BCUT2D eigenvalue weighted by Gasteiger charge is 2.09. The molecule has 1 heterocycles. The van der Waals surface area contributed by atoms with Crippen LogP contribution in [0.1, 0.15) is 18.1 Å². The van der Waals surface area contributed by atoms with Gasteiger partial charge in [0.2, 0.25) is 5.91 Å². The van der Waals surface area contributed by atoms with Gasteiger partial charge in [-0.2, -0.15) is 0 Å². The summed E-state index contributed by atoms with van der Waals surface area (Å²) in [5.74, 6) is 0.845. The Bertz CT molecular complexity index is 503. The molecule has 1 N–H and O–H groups in total. The van der Waals surface area contributed by atoms with Gasteiger partial charge in [0.1, 0.15) is 0 Å². The second kappa shape index (κ2) is 5.87. The molecule has 0 spiro atoms. The summed E-state index contributed by atoms with van der Waals surface area (Å²) in [6.45, 7) is 4.78. The number of nitrogens with one attached hydrogen (secondary N) is 1. The molecule has 94 valence electrons. The van der Waals surface area contributed by atoms with Crippen LogP contribution in [0.4, 0.5) is 0 Å². The standard InChI is InChI=1S/C14H16N2OS/c1-10-3-5-12(6-4-10)11(2)9-13(17)16-14-15-7-8-18-14/h3-6,9H,7-8H2,1-2H3,(H,15,16,17). The highest BCUT2D eigenvalue weighted by Crippen LogP contribution is 2.14. The van der Waals surface area contributed by atoms with Gasteiger partial charge in [-0.1, -0.05) is 41.6 Å². The van der Waals surface area contributed by atoms with E-state index in [0.717, 1.165) is 28.6 Å². The van der Waals surface area contributed by atoms with Gasteiger partial charge in [0.05, 0.1) is 6.54 Å². The number of allylic oxidation sites excluding steroid dienone is 1. The first kappa shape index (κ1) is 12.9. The fourth-order valence-electron chi connectivity index (χ4n) is 1.65. The van der Waals surface area contributed by atoms with Crippen molar-refractivity contribution in [3.63, 3.8) is 0 Å². The van der Waals surface area contributed by atoms with E-state index in [4.69, 9.17) is 0 Å². The van der Waals surface area contributed by atoms with E-state index in [0.29, 0.717) is 0 Å². The van der Waals surface area contributed by atoms with Crippen molar-refractivity contribution in [2.24, 2.45) is 4.99 Å². The number of aliphatic imine (C=N–C) groups is 1. The molecule has 0 unspecified atom stereocenters. The maximum Gasteiger partial charge on any atom is 0.250 e. The van der Waals surface area contributed by atoms with E-state index in [9.17, 15) is 4.79 Å². The molecule has 1 aliphatic rings. The van der Waals surface area contributed by atoms with Gasteiger partial charge in [-0.05, 0) is 25.0 Å². The average molecular weight is 260 g/mol. The number of hydrogen-bond donors (Lipinski definition) is 1. The zero-order valence-corrected chi connectivity index (χ0v) is 11.4. The third-order valence-electron chi connectivity index (χ3n) is 2.67. The van der Waals surface area contributed by atoms with Crippen LogP contribution in [0.15, 0.2) is 35.3 Å². The fraction of sp³-hybridized carbons (Fsp3) is 0.286. The fourth-order valence-corrected chi connectivity index (χ4v) is 2.38. The quantitative estimate of drug-likeness (QED) is 0.830. The maximum absolute atomic E-state index is 11.8. The van der Waals surface area contributed by atoms with Crippen LogP contribution in [0.25, 0.3) is 5.57 Å². The van der Waals surface area contributed by atoms with Crippen LogP contribution in [-0.2, 0) is 4.79 Å². The highest BCUT2D eigenvalue weighted by atomic mass is 32.2. The van der Waals surface area contributed by atoms with Crippen molar-refractivity contribution < 1.29 is 4.79 Å². The molecule has 3 nitrogen and oxygen atoms in total. The molecular weight excluding hydrogens is 244 g/mol. The Hall–Kier alpha value is -1.55. The number of thioether (sulfide) groups is 1. The van der Waals surface area contributed by atoms with Crippen molar-refractivity contribution in [1.29, 1.82) is 0 Å². The monoisotopic (exact) mass is 260 g/mol. The number of carbonyl (C=O) groups is 1. The number of aryl methyl sites for hydroxylation is 1. The predicted octanol–water partition coefficient (Wildman–Crippen LogP) is 2.62. The molecule has 1 aliphatic heterocycles. The summed E-state index contributed by atoms with van der Waals surface area (Å²) in [6, 6.07) is 8.13. The Labute approximate surface area is 111 Å². The van der Waals surface area contributed by atoms with Crippen LogP contribution in [0.2, 0.25) is 0 Å². The molecule has 1 aromatic carbocycles. The number of nitrogens with zero attached hydrogens (tertiary/aromatic N) is 1.